The van der Waals surface area contributed by atoms with Crippen LogP contribution in [0.15, 0.2) is 491 Å². The van der Waals surface area contributed by atoms with Gasteiger partial charge in [0.25, 0.3) is 20.1 Å². The van der Waals surface area contributed by atoms with E-state index in [1.54, 1.807) is 0 Å². The van der Waals surface area contributed by atoms with Gasteiger partial charge in [0.1, 0.15) is 69.0 Å². The van der Waals surface area contributed by atoms with Crippen molar-refractivity contribution < 1.29 is 28.4 Å². The minimum atomic E-state index is 0.0145. The number of benzene rings is 27. The number of hydrogen-bond donors (Lipinski definition) is 0. The molecule has 0 spiro atoms. The van der Waals surface area contributed by atoms with Crippen molar-refractivity contribution in [2.45, 2.75) is 0 Å². The minimum absolute atomic E-state index is 0.0145. The first kappa shape index (κ1) is 82.7. The summed E-state index contributed by atoms with van der Waals surface area (Å²) < 4.78 is 39.8. The molecule has 27 aromatic carbocycles. The first-order valence-electron chi connectivity index (χ1n) is 50.6. The lowest BCUT2D eigenvalue weighted by molar-refractivity contribution is 0.464. The summed E-state index contributed by atoms with van der Waals surface area (Å²) in [7, 11) is 0. The first-order chi connectivity index (χ1) is 73.0. The Balaban J connectivity index is 0.0000000999. The van der Waals surface area contributed by atoms with Crippen molar-refractivity contribution in [1.29, 1.82) is 0 Å². The fourth-order valence-electron chi connectivity index (χ4n) is 25.6. The molecular formula is C138H81B3O6. The number of hydrogen-bond acceptors (Lipinski definition) is 6. The van der Waals surface area contributed by atoms with Crippen LogP contribution in [0.1, 0.15) is 0 Å². The maximum atomic E-state index is 6.96. The second kappa shape index (κ2) is 32.8. The van der Waals surface area contributed by atoms with Gasteiger partial charge in [-0.2, -0.15) is 0 Å². The van der Waals surface area contributed by atoms with Crippen molar-refractivity contribution in [1.82, 2.24) is 0 Å². The quantitative estimate of drug-likeness (QED) is 0.0939. The molecule has 678 valence electrons. The molecule has 147 heavy (non-hydrogen) atoms. The highest BCUT2D eigenvalue weighted by Gasteiger charge is 2.45. The van der Waals surface area contributed by atoms with Gasteiger partial charge in [0, 0.05) is 27.5 Å². The minimum Gasteiger partial charge on any atom is -0.458 e. The predicted octanol–water partition coefficient (Wildman–Crippen LogP) is 31.1. The molecule has 0 bridgehead atoms. The molecule has 6 aliphatic rings. The van der Waals surface area contributed by atoms with Crippen LogP contribution in [-0.2, 0) is 0 Å². The summed E-state index contributed by atoms with van der Waals surface area (Å²) in [4.78, 5) is 0. The topological polar surface area (TPSA) is 55.4 Å². The number of rotatable bonds is 6. The van der Waals surface area contributed by atoms with E-state index >= 15 is 0 Å². The third kappa shape index (κ3) is 12.7. The second-order valence-corrected chi connectivity index (χ2v) is 39.4. The third-order valence-corrected chi connectivity index (χ3v) is 31.7. The van der Waals surface area contributed by atoms with Gasteiger partial charge in [0.15, 0.2) is 0 Å². The Kier molecular flexibility index (Phi) is 18.5. The van der Waals surface area contributed by atoms with E-state index in [1.807, 2.05) is 24.3 Å². The molecule has 33 rings (SSSR count). The van der Waals surface area contributed by atoms with Gasteiger partial charge in [-0.3, -0.25) is 0 Å². The summed E-state index contributed by atoms with van der Waals surface area (Å²) >= 11 is 0. The standard InChI is InChI=1S/3C46H27BO2/c1-2-14-30-28(13-1)25-37(32-16-4-3-15-31(30)32)45-35-19-7-5-17-33(35)44(34-18-6-8-20-36(34)45)29-26-42-46-43(27-29)49-41-24-12-10-22-39(41)47(46)38-21-9-11-23-40(38)48-42;1-2-14-29-28(13-1)27-37(31-16-4-3-15-30(29)31)44-34-19-7-5-17-32(34)43(33-18-6-8-20-35(33)44)36-21-11-23-39-46(36)49-42-26-12-25-41-45(42)47(39)38-22-9-10-24-40(38)48-41;1-2-13-30-28(12-1)26-37(32-15-4-3-14-31(30)32)45-35-18-7-5-16-33(35)44(34-17-6-8-19-36(34)45)29-24-25-41-39(27-29)47-38-20-9-10-21-40(38)48-42-22-11-23-43(49-41)46(42)47/h3*1-27H. The monoisotopic (exact) mass is 1870 g/mol. The van der Waals surface area contributed by atoms with Crippen LogP contribution in [-0.4, -0.2) is 20.1 Å². The zero-order valence-electron chi connectivity index (χ0n) is 79.4. The molecule has 9 heteroatoms. The average Bonchev–Trinajstić information content (AvgIpc) is 0.713. The molecule has 6 nitrogen and oxygen atoms in total. The number of fused-ring (bicyclic) bond motifs is 27. The normalized spacial score (nSPS) is 12.8. The highest BCUT2D eigenvalue weighted by molar-refractivity contribution is 7.00. The van der Waals surface area contributed by atoms with Crippen LogP contribution in [0.4, 0.5) is 0 Å². The molecule has 0 amide bonds. The van der Waals surface area contributed by atoms with Crippen LogP contribution in [0.25, 0.3) is 196 Å². The molecule has 0 aromatic heterocycles. The maximum Gasteiger partial charge on any atom is 0.260 e. The van der Waals surface area contributed by atoms with E-state index in [-0.39, 0.29) is 20.1 Å². The maximum absolute atomic E-state index is 6.96. The Labute approximate surface area is 848 Å². The summed E-state index contributed by atoms with van der Waals surface area (Å²) in [5.41, 5.74) is 24.8. The van der Waals surface area contributed by atoms with Crippen molar-refractivity contribution >= 4 is 199 Å². The van der Waals surface area contributed by atoms with Crippen molar-refractivity contribution in [2.75, 3.05) is 0 Å². The van der Waals surface area contributed by atoms with Crippen LogP contribution < -0.4 is 77.6 Å². The molecule has 6 aliphatic heterocycles. The van der Waals surface area contributed by atoms with Gasteiger partial charge in [-0.15, -0.1) is 0 Å². The molecule has 0 radical (unpaired) electrons. The van der Waals surface area contributed by atoms with Crippen molar-refractivity contribution in [3.8, 4) is 136 Å². The number of ether oxygens (including phenoxy) is 6. The van der Waals surface area contributed by atoms with E-state index in [1.165, 1.54) is 196 Å². The summed E-state index contributed by atoms with van der Waals surface area (Å²) in [6.07, 6.45) is 0. The molecule has 0 N–H and O–H groups in total. The van der Waals surface area contributed by atoms with Gasteiger partial charge in [0.05, 0.1) is 0 Å². The van der Waals surface area contributed by atoms with Crippen molar-refractivity contribution in [3.63, 3.8) is 0 Å². The Morgan fingerprint density at radius 3 is 0.707 bits per heavy atom. The lowest BCUT2D eigenvalue weighted by Crippen LogP contribution is -2.57. The smallest absolute Gasteiger partial charge is 0.260 e. The molecule has 0 atom stereocenters. The van der Waals surface area contributed by atoms with Gasteiger partial charge in [0.2, 0.25) is 0 Å². The molecule has 0 saturated carbocycles. The summed E-state index contributed by atoms with van der Waals surface area (Å²) in [6.45, 7) is 0.0761. The SMILES string of the molecule is c1ccc2c(c1)Oc1cc(-c3c4ccccc4c(-c4cc5ccccc5c5ccccc45)c4ccccc34)cc3c1B2c1ccccc1O3.c1ccc2c(c1)Oc1cccc3c1B2c1cc(-c2c4ccccc4c(-c4cc5ccccc5c5ccccc45)c4ccccc24)ccc1O3.c1ccc2c(c1)Oc1cccc3c1B2c1cccc(-c2c4ccccc4c(-c4cc5ccccc5c5ccccc45)c4ccccc24)c1O3. The Morgan fingerprint density at radius 2 is 0.354 bits per heavy atom. The van der Waals surface area contributed by atoms with E-state index in [4.69, 9.17) is 28.4 Å². The Hall–Kier alpha value is -18.9. The highest BCUT2D eigenvalue weighted by Crippen LogP contribution is 2.55. The summed E-state index contributed by atoms with van der Waals surface area (Å²) in [6, 6.07) is 177. The van der Waals surface area contributed by atoms with Gasteiger partial charge in [-0.05, 0) is 303 Å². The third-order valence-electron chi connectivity index (χ3n) is 31.7. The van der Waals surface area contributed by atoms with Crippen LogP contribution >= 0.6 is 0 Å². The van der Waals surface area contributed by atoms with E-state index < -0.39 is 0 Å². The lowest BCUT2D eigenvalue weighted by Gasteiger charge is -2.33. The fraction of sp³-hybridized carbons (Fsp3) is 0. The van der Waals surface area contributed by atoms with Gasteiger partial charge in [-0.1, -0.05) is 406 Å². The van der Waals surface area contributed by atoms with Gasteiger partial charge >= 0.3 is 0 Å². The van der Waals surface area contributed by atoms with Crippen LogP contribution in [0.5, 0.6) is 69.0 Å². The zero-order valence-corrected chi connectivity index (χ0v) is 79.4. The molecule has 0 fully saturated rings. The van der Waals surface area contributed by atoms with E-state index in [9.17, 15) is 0 Å². The Morgan fingerprint density at radius 1 is 0.122 bits per heavy atom. The van der Waals surface area contributed by atoms with Crippen LogP contribution in [0, 0.1) is 0 Å². The largest absolute Gasteiger partial charge is 0.458 e. The Bertz CT molecular complexity index is 10100. The summed E-state index contributed by atoms with van der Waals surface area (Å²) in [5.74, 6) is 10.5. The van der Waals surface area contributed by atoms with E-state index in [2.05, 4.69) is 467 Å². The van der Waals surface area contributed by atoms with Gasteiger partial charge in [-0.25, -0.2) is 0 Å². The average molecular weight is 1870 g/mol. The summed E-state index contributed by atoms with van der Waals surface area (Å²) in [5, 5.41) is 29.8. The molecular weight excluding hydrogens is 1790 g/mol. The fourth-order valence-corrected chi connectivity index (χ4v) is 25.6. The van der Waals surface area contributed by atoms with Crippen molar-refractivity contribution in [2.24, 2.45) is 0 Å². The zero-order chi connectivity index (χ0) is 96.2. The molecule has 0 saturated heterocycles. The highest BCUT2D eigenvalue weighted by atomic mass is 16.5. The van der Waals surface area contributed by atoms with Crippen LogP contribution in [0.2, 0.25) is 0 Å². The molecule has 0 unspecified atom stereocenters. The molecule has 6 heterocycles. The van der Waals surface area contributed by atoms with Crippen LogP contribution in [0.3, 0.4) is 0 Å². The van der Waals surface area contributed by atoms with Crippen molar-refractivity contribution in [3.05, 3.63) is 491 Å². The molecule has 27 aromatic rings. The predicted molar refractivity (Wildman–Crippen MR) is 615 cm³/mol. The second-order valence-electron chi connectivity index (χ2n) is 39.4. The lowest BCUT2D eigenvalue weighted by atomic mass is 9.34. The van der Waals surface area contributed by atoms with E-state index in [0.29, 0.717) is 0 Å². The molecule has 0 aliphatic carbocycles. The number of para-hydroxylation sites is 5. The van der Waals surface area contributed by atoms with E-state index in [0.717, 1.165) is 118 Å². The first-order valence-corrected chi connectivity index (χ1v) is 50.6. The van der Waals surface area contributed by atoms with Gasteiger partial charge < -0.3 is 28.4 Å².